The van der Waals surface area contributed by atoms with Crippen LogP contribution >= 0.6 is 0 Å². The molecule has 0 aliphatic carbocycles. The van der Waals surface area contributed by atoms with Crippen molar-refractivity contribution in [1.82, 2.24) is 25.5 Å². The third kappa shape index (κ3) is 6.30. The molecule has 1 aliphatic heterocycles. The van der Waals surface area contributed by atoms with Crippen molar-refractivity contribution >= 4 is 17.3 Å². The number of nitrogens with one attached hydrogen (secondary N) is 2. The zero-order valence-corrected chi connectivity index (χ0v) is 20.3. The third-order valence-corrected chi connectivity index (χ3v) is 5.71. The highest BCUT2D eigenvalue weighted by atomic mass is 15.2. The van der Waals surface area contributed by atoms with Crippen molar-refractivity contribution in [2.24, 2.45) is 0 Å². The van der Waals surface area contributed by atoms with Gasteiger partial charge in [-0.15, -0.1) is 0 Å². The Labute approximate surface area is 198 Å². The van der Waals surface area contributed by atoms with Gasteiger partial charge in [0.05, 0.1) is 22.8 Å². The highest BCUT2D eigenvalue weighted by Crippen LogP contribution is 2.21. The zero-order chi connectivity index (χ0) is 23.8. The summed E-state index contributed by atoms with van der Waals surface area (Å²) in [7, 11) is 0. The standard InChI is InChI=1S/C28H35N5/c1-7-9-27(33-16-14-29-15-17-33)25(8-2)31-23(6)26-12-13-30-28(32-26)22(5)19-24-18-20(3)10-11-21(24)4/h7-13,18-19,29,31H,1,6,14-17H2,2-5H3/b22-19+,25-8+,27-9+. The van der Waals surface area contributed by atoms with Gasteiger partial charge in [0.1, 0.15) is 0 Å². The zero-order valence-electron chi connectivity index (χ0n) is 20.3. The average molecular weight is 442 g/mol. The Morgan fingerprint density at radius 2 is 1.94 bits per heavy atom. The summed E-state index contributed by atoms with van der Waals surface area (Å²) in [5, 5.41) is 6.88. The Morgan fingerprint density at radius 1 is 1.18 bits per heavy atom. The Balaban J connectivity index is 1.82. The number of aromatic nitrogens is 2. The molecular weight excluding hydrogens is 406 g/mol. The van der Waals surface area contributed by atoms with Crippen molar-refractivity contribution in [3.8, 4) is 0 Å². The molecule has 33 heavy (non-hydrogen) atoms. The lowest BCUT2D eigenvalue weighted by atomic mass is 10.0. The second kappa shape index (κ2) is 11.4. The van der Waals surface area contributed by atoms with Crippen LogP contribution in [0.4, 0.5) is 0 Å². The molecule has 0 unspecified atom stereocenters. The van der Waals surface area contributed by atoms with E-state index in [1.165, 1.54) is 16.7 Å². The normalized spacial score (nSPS) is 15.4. The number of hydrogen-bond acceptors (Lipinski definition) is 5. The number of allylic oxidation sites excluding steroid dienone is 4. The molecule has 1 aromatic carbocycles. The van der Waals surface area contributed by atoms with E-state index in [-0.39, 0.29) is 0 Å². The van der Waals surface area contributed by atoms with E-state index in [2.05, 4.69) is 77.9 Å². The van der Waals surface area contributed by atoms with Gasteiger partial charge in [0.25, 0.3) is 0 Å². The lowest BCUT2D eigenvalue weighted by Crippen LogP contribution is -2.44. The van der Waals surface area contributed by atoms with Crippen LogP contribution in [0.25, 0.3) is 17.3 Å². The van der Waals surface area contributed by atoms with Crippen LogP contribution in [0.2, 0.25) is 0 Å². The Bertz CT molecular complexity index is 1100. The molecule has 0 spiro atoms. The molecule has 2 N–H and O–H groups in total. The van der Waals surface area contributed by atoms with Gasteiger partial charge in [-0.2, -0.15) is 0 Å². The lowest BCUT2D eigenvalue weighted by molar-refractivity contribution is 0.302. The molecule has 0 radical (unpaired) electrons. The summed E-state index contributed by atoms with van der Waals surface area (Å²) in [6.45, 7) is 20.3. The molecule has 1 aromatic heterocycles. The summed E-state index contributed by atoms with van der Waals surface area (Å²) in [4.78, 5) is 11.7. The van der Waals surface area contributed by atoms with Crippen molar-refractivity contribution in [3.05, 3.63) is 101 Å². The summed E-state index contributed by atoms with van der Waals surface area (Å²) >= 11 is 0. The molecule has 5 nitrogen and oxygen atoms in total. The molecule has 1 fully saturated rings. The van der Waals surface area contributed by atoms with E-state index < -0.39 is 0 Å². The molecule has 1 aliphatic rings. The first-order chi connectivity index (χ1) is 15.9. The maximum Gasteiger partial charge on any atom is 0.155 e. The topological polar surface area (TPSA) is 53.1 Å². The largest absolute Gasteiger partial charge is 0.367 e. The second-order valence-corrected chi connectivity index (χ2v) is 8.28. The molecule has 0 amide bonds. The van der Waals surface area contributed by atoms with Crippen LogP contribution in [0, 0.1) is 13.8 Å². The fourth-order valence-corrected chi connectivity index (χ4v) is 3.82. The van der Waals surface area contributed by atoms with Gasteiger partial charge in [0.2, 0.25) is 0 Å². The molecule has 2 aromatic rings. The number of rotatable bonds is 8. The van der Waals surface area contributed by atoms with E-state index in [1.807, 2.05) is 32.1 Å². The van der Waals surface area contributed by atoms with Gasteiger partial charge < -0.3 is 15.5 Å². The van der Waals surface area contributed by atoms with Crippen molar-refractivity contribution in [2.75, 3.05) is 26.2 Å². The molecule has 1 saturated heterocycles. The van der Waals surface area contributed by atoms with Crippen molar-refractivity contribution in [3.63, 3.8) is 0 Å². The summed E-state index contributed by atoms with van der Waals surface area (Å²) in [6, 6.07) is 8.34. The minimum Gasteiger partial charge on any atom is -0.367 e. The predicted molar refractivity (Wildman–Crippen MR) is 140 cm³/mol. The Kier molecular flexibility index (Phi) is 8.39. The second-order valence-electron chi connectivity index (χ2n) is 8.28. The summed E-state index contributed by atoms with van der Waals surface area (Å²) in [5.41, 5.74) is 8.26. The van der Waals surface area contributed by atoms with Crippen molar-refractivity contribution in [2.45, 2.75) is 27.7 Å². The fraction of sp³-hybridized carbons (Fsp3) is 0.286. The molecule has 2 heterocycles. The molecule has 0 saturated carbocycles. The maximum atomic E-state index is 4.79. The van der Waals surface area contributed by atoms with E-state index in [0.717, 1.165) is 54.5 Å². The minimum absolute atomic E-state index is 0.697. The first kappa shape index (κ1) is 24.2. The molecular formula is C28H35N5. The van der Waals surface area contributed by atoms with Crippen molar-refractivity contribution < 1.29 is 0 Å². The van der Waals surface area contributed by atoms with E-state index in [0.29, 0.717) is 5.82 Å². The Hall–Kier alpha value is -3.44. The number of hydrogen-bond donors (Lipinski definition) is 2. The minimum atomic E-state index is 0.697. The van der Waals surface area contributed by atoms with Gasteiger partial charge in [-0.25, -0.2) is 9.97 Å². The number of aryl methyl sites for hydroxylation is 2. The highest BCUT2D eigenvalue weighted by molar-refractivity contribution is 5.79. The van der Waals surface area contributed by atoms with Gasteiger partial charge in [-0.1, -0.05) is 49.1 Å². The quantitative estimate of drug-likeness (QED) is 0.559. The number of benzene rings is 1. The van der Waals surface area contributed by atoms with Crippen LogP contribution in [0.3, 0.4) is 0 Å². The van der Waals surface area contributed by atoms with Crippen LogP contribution in [0.15, 0.2) is 73.2 Å². The summed E-state index contributed by atoms with van der Waals surface area (Å²) in [5.74, 6) is 0.697. The predicted octanol–water partition coefficient (Wildman–Crippen LogP) is 5.09. The van der Waals surface area contributed by atoms with Crippen LogP contribution < -0.4 is 10.6 Å². The van der Waals surface area contributed by atoms with Crippen LogP contribution in [-0.2, 0) is 0 Å². The van der Waals surface area contributed by atoms with Gasteiger partial charge in [-0.05, 0) is 62.6 Å². The summed E-state index contributed by atoms with van der Waals surface area (Å²) in [6.07, 6.45) is 9.87. The first-order valence-corrected chi connectivity index (χ1v) is 11.4. The monoisotopic (exact) mass is 441 g/mol. The summed E-state index contributed by atoms with van der Waals surface area (Å²) < 4.78 is 0. The molecule has 0 bridgehead atoms. The molecule has 0 atom stereocenters. The van der Waals surface area contributed by atoms with Gasteiger partial charge in [0.15, 0.2) is 5.82 Å². The Morgan fingerprint density at radius 3 is 2.64 bits per heavy atom. The lowest BCUT2D eigenvalue weighted by Gasteiger charge is -2.33. The van der Waals surface area contributed by atoms with Crippen LogP contribution in [0.1, 0.15) is 42.1 Å². The van der Waals surface area contributed by atoms with Gasteiger partial charge >= 0.3 is 0 Å². The van der Waals surface area contributed by atoms with Gasteiger partial charge in [0, 0.05) is 32.4 Å². The van der Waals surface area contributed by atoms with Crippen LogP contribution in [0.5, 0.6) is 0 Å². The molecule has 3 rings (SSSR count). The SMILES string of the molecule is C=C/C=C(\C(=C/C)NC(=C)c1ccnc(/C(C)=C/c2cc(C)ccc2C)n1)N1CCNCC1. The number of nitrogens with zero attached hydrogens (tertiary/aromatic N) is 3. The van der Waals surface area contributed by atoms with E-state index in [1.54, 1.807) is 6.20 Å². The van der Waals surface area contributed by atoms with Crippen molar-refractivity contribution in [1.29, 1.82) is 0 Å². The third-order valence-electron chi connectivity index (χ3n) is 5.71. The molecule has 172 valence electrons. The van der Waals surface area contributed by atoms with Gasteiger partial charge in [-0.3, -0.25) is 0 Å². The highest BCUT2D eigenvalue weighted by Gasteiger charge is 2.17. The average Bonchev–Trinajstić information content (AvgIpc) is 2.84. The first-order valence-electron chi connectivity index (χ1n) is 11.4. The van der Waals surface area contributed by atoms with E-state index in [9.17, 15) is 0 Å². The molecule has 5 heteroatoms. The van der Waals surface area contributed by atoms with E-state index >= 15 is 0 Å². The number of piperazine rings is 1. The maximum absolute atomic E-state index is 4.79. The smallest absolute Gasteiger partial charge is 0.155 e. The fourth-order valence-electron chi connectivity index (χ4n) is 3.82. The van der Waals surface area contributed by atoms with Crippen LogP contribution in [-0.4, -0.2) is 41.0 Å². The van der Waals surface area contributed by atoms with E-state index in [4.69, 9.17) is 4.98 Å².